The van der Waals surface area contributed by atoms with Gasteiger partial charge in [0, 0.05) is 9.79 Å². The predicted octanol–water partition coefficient (Wildman–Crippen LogP) is 3.29. The molecule has 50 valence electrons. The van der Waals surface area contributed by atoms with Crippen molar-refractivity contribution in [3.63, 3.8) is 0 Å². The quantitative estimate of drug-likeness (QED) is 0.450. The molecule has 1 N–H and O–H groups in total. The zero-order valence-corrected chi connectivity index (χ0v) is 9.30. The van der Waals surface area contributed by atoms with Gasteiger partial charge in [0.1, 0.15) is 0 Å². The third-order valence-corrected chi connectivity index (χ3v) is 2.34. The Morgan fingerprint density at radius 3 is 2.44 bits per heavy atom. The first-order valence-corrected chi connectivity index (χ1v) is 4.68. The second-order valence-corrected chi connectivity index (χ2v) is 3.35. The summed E-state index contributed by atoms with van der Waals surface area (Å²) >= 11 is 4.30. The molecule has 1 nitrogen and oxygen atoms in total. The van der Waals surface area contributed by atoms with E-state index in [4.69, 9.17) is 5.41 Å². The third kappa shape index (κ3) is 4.07. The molecular formula is C6H7I2N. The minimum atomic E-state index is 0.987. The molecule has 0 aliphatic heterocycles. The Morgan fingerprint density at radius 2 is 2.11 bits per heavy atom. The molecule has 0 aliphatic rings. The molecular weight excluding hydrogens is 340 g/mol. The Morgan fingerprint density at radius 1 is 1.56 bits per heavy atom. The summed E-state index contributed by atoms with van der Waals surface area (Å²) in [6, 6.07) is 0. The Bertz CT molecular complexity index is 158. The zero-order chi connectivity index (χ0) is 7.28. The van der Waals surface area contributed by atoms with Gasteiger partial charge in [0.2, 0.25) is 0 Å². The maximum absolute atomic E-state index is 6.89. The van der Waals surface area contributed by atoms with Gasteiger partial charge in [0.25, 0.3) is 0 Å². The summed E-state index contributed by atoms with van der Waals surface area (Å²) in [4.78, 5) is 0. The number of allylic oxidation sites excluding steroid dienone is 3. The molecule has 9 heavy (non-hydrogen) atoms. The van der Waals surface area contributed by atoms with Crippen molar-refractivity contribution < 1.29 is 0 Å². The lowest BCUT2D eigenvalue weighted by Gasteiger charge is -1.90. The summed E-state index contributed by atoms with van der Waals surface area (Å²) in [5.74, 6) is 0. The van der Waals surface area contributed by atoms with E-state index in [1.807, 2.05) is 17.1 Å². The Labute approximate surface area is 82.4 Å². The van der Waals surface area contributed by atoms with E-state index in [1.54, 1.807) is 0 Å². The molecule has 0 aromatic heterocycles. The maximum atomic E-state index is 6.89. The molecule has 0 amide bonds. The van der Waals surface area contributed by atoms with Gasteiger partial charge < -0.3 is 5.41 Å². The summed E-state index contributed by atoms with van der Waals surface area (Å²) < 4.78 is 2.93. The summed E-state index contributed by atoms with van der Waals surface area (Å²) in [5, 5.41) is 6.89. The number of hydrogen-bond acceptors (Lipinski definition) is 1. The van der Waals surface area contributed by atoms with E-state index in [1.165, 1.54) is 6.21 Å². The second-order valence-electron chi connectivity index (χ2n) is 1.47. The standard InChI is InChI=1S/C6H7I2N/c1-5(2-3-7)6(8)4-9/h2-4,9H,1H3/b3-2-,6-5+,9-4?. The lowest BCUT2D eigenvalue weighted by atomic mass is 10.3. The molecule has 0 aromatic carbocycles. The lowest BCUT2D eigenvalue weighted by Crippen LogP contribution is -1.74. The van der Waals surface area contributed by atoms with E-state index < -0.39 is 0 Å². The molecule has 0 unspecified atom stereocenters. The first kappa shape index (κ1) is 9.61. The minimum absolute atomic E-state index is 0.987. The highest BCUT2D eigenvalue weighted by atomic mass is 127. The van der Waals surface area contributed by atoms with Crippen molar-refractivity contribution in [3.8, 4) is 0 Å². The van der Waals surface area contributed by atoms with Crippen molar-refractivity contribution in [2.24, 2.45) is 0 Å². The van der Waals surface area contributed by atoms with Crippen molar-refractivity contribution in [1.29, 1.82) is 5.41 Å². The van der Waals surface area contributed by atoms with Crippen molar-refractivity contribution in [2.45, 2.75) is 6.92 Å². The summed E-state index contributed by atoms with van der Waals surface area (Å²) in [6.45, 7) is 1.99. The maximum Gasteiger partial charge on any atom is 0.0335 e. The van der Waals surface area contributed by atoms with Crippen molar-refractivity contribution >= 4 is 51.4 Å². The van der Waals surface area contributed by atoms with Gasteiger partial charge in [-0.25, -0.2) is 0 Å². The zero-order valence-electron chi connectivity index (χ0n) is 4.99. The third-order valence-electron chi connectivity index (χ3n) is 0.816. The smallest absolute Gasteiger partial charge is 0.0335 e. The molecule has 0 saturated heterocycles. The van der Waals surface area contributed by atoms with E-state index in [-0.39, 0.29) is 0 Å². The molecule has 0 aromatic rings. The minimum Gasteiger partial charge on any atom is -0.308 e. The van der Waals surface area contributed by atoms with Gasteiger partial charge in [-0.2, -0.15) is 0 Å². The first-order chi connectivity index (χ1) is 4.22. The molecule has 0 atom stereocenters. The van der Waals surface area contributed by atoms with Crippen LogP contribution in [-0.2, 0) is 0 Å². The van der Waals surface area contributed by atoms with Crippen LogP contribution in [-0.4, -0.2) is 6.21 Å². The highest BCUT2D eigenvalue weighted by molar-refractivity contribution is 14.1. The van der Waals surface area contributed by atoms with E-state index >= 15 is 0 Å². The van der Waals surface area contributed by atoms with Gasteiger partial charge in [-0.3, -0.25) is 0 Å². The largest absolute Gasteiger partial charge is 0.308 e. The molecule has 0 saturated carbocycles. The molecule has 0 fully saturated rings. The van der Waals surface area contributed by atoms with Gasteiger partial charge in [-0.05, 0) is 39.2 Å². The first-order valence-electron chi connectivity index (χ1n) is 2.36. The number of hydrogen-bond donors (Lipinski definition) is 1. The van der Waals surface area contributed by atoms with Gasteiger partial charge in [0.05, 0.1) is 0 Å². The van der Waals surface area contributed by atoms with E-state index in [2.05, 4.69) is 45.2 Å². The monoisotopic (exact) mass is 347 g/mol. The van der Waals surface area contributed by atoms with Crippen LogP contribution in [0.5, 0.6) is 0 Å². The van der Waals surface area contributed by atoms with E-state index in [0.717, 1.165) is 9.15 Å². The van der Waals surface area contributed by atoms with Crippen LogP contribution in [0, 0.1) is 5.41 Å². The van der Waals surface area contributed by atoms with Crippen LogP contribution < -0.4 is 0 Å². The molecule has 0 bridgehead atoms. The van der Waals surface area contributed by atoms with Crippen molar-refractivity contribution in [1.82, 2.24) is 0 Å². The molecule has 0 radical (unpaired) electrons. The molecule has 0 spiro atoms. The Kier molecular flexibility index (Phi) is 5.77. The van der Waals surface area contributed by atoms with Crippen LogP contribution in [0.15, 0.2) is 19.3 Å². The molecule has 0 rings (SSSR count). The van der Waals surface area contributed by atoms with Crippen LogP contribution in [0.4, 0.5) is 0 Å². The van der Waals surface area contributed by atoms with E-state index in [0.29, 0.717) is 0 Å². The Hall–Kier alpha value is 0.610. The van der Waals surface area contributed by atoms with Crippen LogP contribution in [0.25, 0.3) is 0 Å². The molecule has 0 aliphatic carbocycles. The summed E-state index contributed by atoms with van der Waals surface area (Å²) in [5.41, 5.74) is 1.14. The number of nitrogens with one attached hydrogen (secondary N) is 1. The average molecular weight is 347 g/mol. The van der Waals surface area contributed by atoms with Crippen LogP contribution in [0.1, 0.15) is 6.92 Å². The van der Waals surface area contributed by atoms with Gasteiger partial charge >= 0.3 is 0 Å². The fourth-order valence-corrected chi connectivity index (χ4v) is 1.01. The Balaban J connectivity index is 4.27. The fraction of sp³-hybridized carbons (Fsp3) is 0.167. The number of rotatable bonds is 2. The van der Waals surface area contributed by atoms with E-state index in [9.17, 15) is 0 Å². The topological polar surface area (TPSA) is 23.9 Å². The molecule has 3 heteroatoms. The molecule has 0 heterocycles. The van der Waals surface area contributed by atoms with Crippen LogP contribution >= 0.6 is 45.2 Å². The predicted molar refractivity (Wildman–Crippen MR) is 58.7 cm³/mol. The van der Waals surface area contributed by atoms with Crippen molar-refractivity contribution in [2.75, 3.05) is 0 Å². The normalized spacial score (nSPS) is 13.7. The van der Waals surface area contributed by atoms with Gasteiger partial charge in [0.15, 0.2) is 0 Å². The SMILES string of the molecule is CC(/C=C\I)=C(\I)C=N. The second kappa shape index (κ2) is 5.40. The summed E-state index contributed by atoms with van der Waals surface area (Å²) in [6.07, 6.45) is 3.33. The van der Waals surface area contributed by atoms with Crippen LogP contribution in [0.3, 0.4) is 0 Å². The average Bonchev–Trinajstić information content (AvgIpc) is 1.87. The number of halogens is 2. The highest BCUT2D eigenvalue weighted by Gasteiger charge is 1.87. The fourth-order valence-electron chi connectivity index (χ4n) is 0.288. The van der Waals surface area contributed by atoms with Crippen molar-refractivity contribution in [3.05, 3.63) is 19.3 Å². The van der Waals surface area contributed by atoms with Crippen LogP contribution in [0.2, 0.25) is 0 Å². The highest BCUT2D eigenvalue weighted by Crippen LogP contribution is 2.10. The van der Waals surface area contributed by atoms with Gasteiger partial charge in [-0.1, -0.05) is 28.7 Å². The van der Waals surface area contributed by atoms with Gasteiger partial charge in [-0.15, -0.1) is 0 Å². The summed E-state index contributed by atoms with van der Waals surface area (Å²) in [7, 11) is 0. The lowest BCUT2D eigenvalue weighted by molar-refractivity contribution is 1.52.